The summed E-state index contributed by atoms with van der Waals surface area (Å²) < 4.78 is 0. The zero-order valence-corrected chi connectivity index (χ0v) is 9.42. The first-order valence-electron chi connectivity index (χ1n) is 5.08. The molecule has 6 nitrogen and oxygen atoms in total. The second-order valence-corrected chi connectivity index (χ2v) is 3.39. The first-order chi connectivity index (χ1) is 8.50. The topological polar surface area (TPSA) is 109 Å². The lowest BCUT2D eigenvalue weighted by Gasteiger charge is -2.02. The second kappa shape index (κ2) is 6.19. The van der Waals surface area contributed by atoms with Crippen LogP contribution in [0.25, 0.3) is 0 Å². The van der Waals surface area contributed by atoms with Gasteiger partial charge in [0.05, 0.1) is 0 Å². The third kappa shape index (κ3) is 4.09. The van der Waals surface area contributed by atoms with Crippen LogP contribution in [0.5, 0.6) is 0 Å². The van der Waals surface area contributed by atoms with Crippen molar-refractivity contribution in [1.29, 1.82) is 0 Å². The molecule has 0 bridgehead atoms. The summed E-state index contributed by atoms with van der Waals surface area (Å²) in [5, 5.41) is 10.8. The Morgan fingerprint density at radius 2 is 1.72 bits per heavy atom. The van der Waals surface area contributed by atoms with Gasteiger partial charge in [0.15, 0.2) is 0 Å². The summed E-state index contributed by atoms with van der Waals surface area (Å²) in [6.07, 6.45) is 2.26. The number of benzene rings is 1. The van der Waals surface area contributed by atoms with Gasteiger partial charge in [-0.05, 0) is 24.3 Å². The highest BCUT2D eigenvalue weighted by molar-refractivity contribution is 5.97. The number of rotatable bonds is 5. The monoisotopic (exact) mass is 248 g/mol. The van der Waals surface area contributed by atoms with Gasteiger partial charge >= 0.3 is 5.97 Å². The molecule has 0 aliphatic carbocycles. The lowest BCUT2D eigenvalue weighted by molar-refractivity contribution is -0.131. The molecule has 0 aliphatic heterocycles. The van der Waals surface area contributed by atoms with E-state index in [0.29, 0.717) is 11.1 Å². The van der Waals surface area contributed by atoms with E-state index in [1.54, 1.807) is 0 Å². The van der Waals surface area contributed by atoms with Crippen molar-refractivity contribution in [2.24, 2.45) is 5.73 Å². The van der Waals surface area contributed by atoms with Gasteiger partial charge in [0.1, 0.15) is 0 Å². The smallest absolute Gasteiger partial charge is 0.328 e. The number of aliphatic carboxylic acids is 1. The maximum absolute atomic E-state index is 11.6. The molecule has 0 heterocycles. The average Bonchev–Trinajstić information content (AvgIpc) is 2.34. The van der Waals surface area contributed by atoms with Crippen LogP contribution in [0.2, 0.25) is 0 Å². The Hall–Kier alpha value is -2.63. The fourth-order valence-electron chi connectivity index (χ4n) is 1.20. The van der Waals surface area contributed by atoms with E-state index in [2.05, 4.69) is 5.32 Å². The minimum Gasteiger partial charge on any atom is -0.478 e. The zero-order chi connectivity index (χ0) is 13.5. The lowest BCUT2D eigenvalue weighted by atomic mass is 10.1. The molecule has 0 saturated heterocycles. The molecule has 18 heavy (non-hydrogen) atoms. The Morgan fingerprint density at radius 1 is 1.17 bits per heavy atom. The molecule has 0 spiro atoms. The molecule has 6 heteroatoms. The molecule has 0 saturated carbocycles. The lowest BCUT2D eigenvalue weighted by Crippen LogP contribution is -2.23. The van der Waals surface area contributed by atoms with Crippen LogP contribution in [-0.4, -0.2) is 29.4 Å². The highest BCUT2D eigenvalue weighted by atomic mass is 16.4. The van der Waals surface area contributed by atoms with E-state index in [0.717, 1.165) is 6.08 Å². The van der Waals surface area contributed by atoms with E-state index < -0.39 is 11.9 Å². The fourth-order valence-corrected chi connectivity index (χ4v) is 1.20. The predicted molar refractivity (Wildman–Crippen MR) is 64.1 cm³/mol. The van der Waals surface area contributed by atoms with Crippen LogP contribution in [0.15, 0.2) is 36.4 Å². The van der Waals surface area contributed by atoms with Crippen LogP contribution >= 0.6 is 0 Å². The van der Waals surface area contributed by atoms with Gasteiger partial charge in [-0.1, -0.05) is 6.08 Å². The van der Waals surface area contributed by atoms with E-state index in [-0.39, 0.29) is 12.5 Å². The van der Waals surface area contributed by atoms with Crippen molar-refractivity contribution in [1.82, 2.24) is 5.32 Å². The summed E-state index contributed by atoms with van der Waals surface area (Å²) in [6, 6.07) is 5.83. The highest BCUT2D eigenvalue weighted by Gasteiger charge is 2.05. The summed E-state index contributed by atoms with van der Waals surface area (Å²) in [5.74, 6) is -2.00. The van der Waals surface area contributed by atoms with Crippen molar-refractivity contribution >= 4 is 17.8 Å². The molecule has 0 radical (unpaired) electrons. The number of carboxylic acids is 1. The number of nitrogens with two attached hydrogens (primary N) is 1. The molecule has 2 amide bonds. The van der Waals surface area contributed by atoms with E-state index in [1.807, 2.05) is 0 Å². The van der Waals surface area contributed by atoms with Crippen LogP contribution < -0.4 is 11.1 Å². The SMILES string of the molecule is NC(=O)c1ccc(C(=O)NC/C=C/C(=O)O)cc1. The van der Waals surface area contributed by atoms with Crippen LogP contribution in [-0.2, 0) is 4.79 Å². The first kappa shape index (κ1) is 13.4. The fraction of sp³-hybridized carbons (Fsp3) is 0.0833. The zero-order valence-electron chi connectivity index (χ0n) is 9.42. The van der Waals surface area contributed by atoms with Gasteiger partial charge in [-0.25, -0.2) is 4.79 Å². The van der Waals surface area contributed by atoms with E-state index in [1.165, 1.54) is 30.3 Å². The number of hydrogen-bond acceptors (Lipinski definition) is 3. The first-order valence-corrected chi connectivity index (χ1v) is 5.08. The van der Waals surface area contributed by atoms with Crippen molar-refractivity contribution in [3.05, 3.63) is 47.5 Å². The molecular weight excluding hydrogens is 236 g/mol. The molecule has 0 atom stereocenters. The van der Waals surface area contributed by atoms with Crippen molar-refractivity contribution in [2.45, 2.75) is 0 Å². The maximum atomic E-state index is 11.6. The van der Waals surface area contributed by atoms with Gasteiger partial charge < -0.3 is 16.2 Å². The second-order valence-electron chi connectivity index (χ2n) is 3.39. The molecule has 0 unspecified atom stereocenters. The van der Waals surface area contributed by atoms with E-state index in [4.69, 9.17) is 10.8 Å². The summed E-state index contributed by atoms with van der Waals surface area (Å²) in [5.41, 5.74) is 5.74. The normalized spacial score (nSPS) is 10.2. The van der Waals surface area contributed by atoms with Crippen molar-refractivity contribution in [3.8, 4) is 0 Å². The largest absolute Gasteiger partial charge is 0.478 e. The number of nitrogens with one attached hydrogen (secondary N) is 1. The molecule has 94 valence electrons. The molecule has 1 rings (SSSR count). The van der Waals surface area contributed by atoms with Crippen LogP contribution in [0.3, 0.4) is 0 Å². The quantitative estimate of drug-likeness (QED) is 0.644. The third-order valence-electron chi connectivity index (χ3n) is 2.07. The van der Waals surface area contributed by atoms with Gasteiger partial charge in [-0.3, -0.25) is 9.59 Å². The predicted octanol–water partition coefficient (Wildman–Crippen LogP) is 0.156. The number of carbonyl (C=O) groups is 3. The van der Waals surface area contributed by atoms with E-state index >= 15 is 0 Å². The Balaban J connectivity index is 2.57. The molecular formula is C12H12N2O4. The minimum absolute atomic E-state index is 0.114. The summed E-state index contributed by atoms with van der Waals surface area (Å²) in [6.45, 7) is 0.114. The highest BCUT2D eigenvalue weighted by Crippen LogP contribution is 2.03. The van der Waals surface area contributed by atoms with E-state index in [9.17, 15) is 14.4 Å². The standard InChI is InChI=1S/C12H12N2O4/c13-11(17)8-3-5-9(6-4-8)12(18)14-7-1-2-10(15)16/h1-6H,7H2,(H2,13,17)(H,14,18)(H,15,16)/b2-1+. The summed E-state index contributed by atoms with van der Waals surface area (Å²) in [7, 11) is 0. The van der Waals surface area contributed by atoms with Crippen molar-refractivity contribution in [3.63, 3.8) is 0 Å². The molecule has 1 aromatic carbocycles. The Morgan fingerprint density at radius 3 is 2.22 bits per heavy atom. The van der Waals surface area contributed by atoms with Crippen LogP contribution in [0, 0.1) is 0 Å². The molecule has 1 aromatic rings. The number of primary amides is 1. The van der Waals surface area contributed by atoms with Crippen molar-refractivity contribution < 1.29 is 19.5 Å². The van der Waals surface area contributed by atoms with Gasteiger partial charge in [0, 0.05) is 23.7 Å². The van der Waals surface area contributed by atoms with Gasteiger partial charge in [0.2, 0.25) is 5.91 Å². The van der Waals surface area contributed by atoms with Gasteiger partial charge in [-0.15, -0.1) is 0 Å². The molecule has 0 aromatic heterocycles. The average molecular weight is 248 g/mol. The third-order valence-corrected chi connectivity index (χ3v) is 2.07. The Kier molecular flexibility index (Phi) is 4.62. The number of hydrogen-bond donors (Lipinski definition) is 3. The van der Waals surface area contributed by atoms with Crippen LogP contribution in [0.4, 0.5) is 0 Å². The summed E-state index contributed by atoms with van der Waals surface area (Å²) in [4.78, 5) is 32.5. The number of carbonyl (C=O) groups excluding carboxylic acids is 2. The molecule has 4 N–H and O–H groups in total. The minimum atomic E-state index is -1.07. The maximum Gasteiger partial charge on any atom is 0.328 e. The number of amides is 2. The molecule has 0 aliphatic rings. The van der Waals surface area contributed by atoms with Gasteiger partial charge in [0.25, 0.3) is 5.91 Å². The Bertz CT molecular complexity index is 491. The summed E-state index contributed by atoms with van der Waals surface area (Å²) >= 11 is 0. The van der Waals surface area contributed by atoms with Crippen molar-refractivity contribution in [2.75, 3.05) is 6.54 Å². The van der Waals surface area contributed by atoms with Gasteiger partial charge in [-0.2, -0.15) is 0 Å². The Labute approximate surface area is 103 Å². The number of carboxylic acid groups (broad SMARTS) is 1. The van der Waals surface area contributed by atoms with Crippen LogP contribution in [0.1, 0.15) is 20.7 Å². The molecule has 0 fully saturated rings.